The van der Waals surface area contributed by atoms with Gasteiger partial charge in [0.1, 0.15) is 0 Å². The second kappa shape index (κ2) is 9.56. The Bertz CT molecular complexity index is 294. The van der Waals surface area contributed by atoms with E-state index < -0.39 is 0 Å². The van der Waals surface area contributed by atoms with E-state index in [1.807, 2.05) is 48.5 Å². The molecule has 72 valence electrons. The molecule has 0 aliphatic rings. The summed E-state index contributed by atoms with van der Waals surface area (Å²) in [5.41, 5.74) is 0. The minimum Gasteiger partial charge on any atom is -0.554 e. The zero-order valence-electron chi connectivity index (χ0n) is 8.81. The third kappa shape index (κ3) is 7.00. The second-order valence-electron chi connectivity index (χ2n) is 2.52. The van der Waals surface area contributed by atoms with Crippen molar-refractivity contribution >= 4 is 23.1 Å². The Morgan fingerprint density at radius 3 is 1.87 bits per heavy atom. The van der Waals surface area contributed by atoms with Gasteiger partial charge < -0.3 is 4.74 Å². The molecule has 0 heterocycles. The second-order valence-corrected chi connectivity index (χ2v) is 2.52. The molecule has 0 spiro atoms. The van der Waals surface area contributed by atoms with Crippen LogP contribution in [0.2, 0.25) is 0 Å². The Morgan fingerprint density at radius 2 is 1.60 bits per heavy atom. The van der Waals surface area contributed by atoms with Crippen molar-refractivity contribution in [1.29, 1.82) is 0 Å². The van der Waals surface area contributed by atoms with Crippen LogP contribution < -0.4 is 4.74 Å². The summed E-state index contributed by atoms with van der Waals surface area (Å²) in [5.74, 6) is 0.854. The Balaban J connectivity index is 0.000000253. The maximum Gasteiger partial charge on any atom is 2.00 e. The molecule has 2 aromatic carbocycles. The Kier molecular flexibility index (Phi) is 8.92. The van der Waals surface area contributed by atoms with Crippen molar-refractivity contribution < 1.29 is 4.74 Å². The number of benzene rings is 2. The normalized spacial score (nSPS) is 7.80. The Labute approximate surface area is 107 Å². The zero-order chi connectivity index (χ0) is 10.1. The van der Waals surface area contributed by atoms with Crippen LogP contribution in [0.25, 0.3) is 0 Å². The van der Waals surface area contributed by atoms with E-state index in [1.54, 1.807) is 13.2 Å². The average molecular weight is 209 g/mol. The molecule has 0 aromatic heterocycles. The first kappa shape index (κ1) is 14.0. The fourth-order valence-electron chi connectivity index (χ4n) is 0.846. The molecule has 0 atom stereocenters. The van der Waals surface area contributed by atoms with Gasteiger partial charge in [-0.15, -0.1) is 12.1 Å². The quantitative estimate of drug-likeness (QED) is 0.517. The van der Waals surface area contributed by atoms with Gasteiger partial charge in [-0.3, -0.25) is 0 Å². The van der Waals surface area contributed by atoms with E-state index in [-0.39, 0.29) is 23.1 Å². The average Bonchev–Trinajstić information content (AvgIpc) is 2.33. The summed E-state index contributed by atoms with van der Waals surface area (Å²) in [6.07, 6.45) is 0. The summed E-state index contributed by atoms with van der Waals surface area (Å²) in [7, 11) is 1.64. The van der Waals surface area contributed by atoms with E-state index in [2.05, 4.69) is 12.1 Å². The smallest absolute Gasteiger partial charge is 0.554 e. The van der Waals surface area contributed by atoms with E-state index in [0.717, 1.165) is 5.75 Å². The van der Waals surface area contributed by atoms with Crippen molar-refractivity contribution in [2.75, 3.05) is 7.11 Å². The summed E-state index contributed by atoms with van der Waals surface area (Å²) in [5, 5.41) is 0. The number of methoxy groups -OCH3 is 1. The third-order valence-electron chi connectivity index (χ3n) is 1.52. The van der Waals surface area contributed by atoms with Crippen molar-refractivity contribution in [3.63, 3.8) is 0 Å². The van der Waals surface area contributed by atoms with Gasteiger partial charge in [-0.05, 0) is 0 Å². The first-order valence-corrected chi connectivity index (χ1v) is 4.34. The van der Waals surface area contributed by atoms with Crippen molar-refractivity contribution in [2.45, 2.75) is 0 Å². The summed E-state index contributed by atoms with van der Waals surface area (Å²) in [4.78, 5) is 0. The van der Waals surface area contributed by atoms with Gasteiger partial charge in [0.05, 0.1) is 7.11 Å². The first-order valence-electron chi connectivity index (χ1n) is 4.34. The van der Waals surface area contributed by atoms with E-state index >= 15 is 0 Å². The largest absolute Gasteiger partial charge is 2.00 e. The van der Waals surface area contributed by atoms with Crippen LogP contribution in [0.3, 0.4) is 0 Å². The summed E-state index contributed by atoms with van der Waals surface area (Å²) < 4.78 is 4.88. The minimum atomic E-state index is 0. The van der Waals surface area contributed by atoms with Gasteiger partial charge in [0.2, 0.25) is 0 Å². The van der Waals surface area contributed by atoms with Crippen LogP contribution in [-0.4, -0.2) is 30.2 Å². The van der Waals surface area contributed by atoms with Crippen LogP contribution in [0.15, 0.2) is 54.6 Å². The molecular weight excluding hydrogens is 196 g/mol. The molecule has 1 nitrogen and oxygen atoms in total. The fourth-order valence-corrected chi connectivity index (χ4v) is 0.846. The van der Waals surface area contributed by atoms with E-state index in [4.69, 9.17) is 4.74 Å². The van der Waals surface area contributed by atoms with Crippen molar-refractivity contribution in [3.05, 3.63) is 66.7 Å². The molecule has 0 unspecified atom stereocenters. The number of ether oxygens (including phenoxy) is 1. The van der Waals surface area contributed by atoms with Crippen LogP contribution in [0.4, 0.5) is 0 Å². The predicted molar refractivity (Wildman–Crippen MR) is 62.9 cm³/mol. The van der Waals surface area contributed by atoms with Gasteiger partial charge in [0, 0.05) is 5.75 Å². The van der Waals surface area contributed by atoms with Crippen LogP contribution in [0.1, 0.15) is 0 Å². The fraction of sp³-hybridized carbons (Fsp3) is 0.0769. The van der Waals surface area contributed by atoms with Crippen LogP contribution >= 0.6 is 0 Å². The van der Waals surface area contributed by atoms with Gasteiger partial charge in [-0.2, -0.15) is 54.6 Å². The van der Waals surface area contributed by atoms with Gasteiger partial charge in [0.25, 0.3) is 0 Å². The van der Waals surface area contributed by atoms with E-state index in [1.165, 1.54) is 0 Å². The third-order valence-corrected chi connectivity index (χ3v) is 1.52. The van der Waals surface area contributed by atoms with Crippen LogP contribution in [0.5, 0.6) is 5.75 Å². The van der Waals surface area contributed by atoms with Gasteiger partial charge in [-0.25, -0.2) is 0 Å². The van der Waals surface area contributed by atoms with Crippen molar-refractivity contribution in [3.8, 4) is 5.75 Å². The molecule has 0 saturated carbocycles. The molecule has 0 aliphatic carbocycles. The number of hydrogen-bond acceptors (Lipinski definition) is 1. The molecule has 0 N–H and O–H groups in total. The van der Waals surface area contributed by atoms with Crippen LogP contribution in [-0.2, 0) is 0 Å². The van der Waals surface area contributed by atoms with Crippen molar-refractivity contribution in [1.82, 2.24) is 0 Å². The standard InChI is InChI=1S/C7H7O.C6H5.Mg/c1-8-7-5-3-2-4-6-7;1-2-4-6-5-3-1;/h2-3,5-6H,1H3;1-5H;/q2*-1;+2. The summed E-state index contributed by atoms with van der Waals surface area (Å²) >= 11 is 0. The zero-order valence-corrected chi connectivity index (χ0v) is 10.2. The van der Waals surface area contributed by atoms with Crippen molar-refractivity contribution in [2.24, 2.45) is 0 Å². The molecule has 15 heavy (non-hydrogen) atoms. The minimum absolute atomic E-state index is 0. The topological polar surface area (TPSA) is 9.23 Å². The molecule has 0 radical (unpaired) electrons. The summed E-state index contributed by atoms with van der Waals surface area (Å²) in [6.45, 7) is 0. The van der Waals surface area contributed by atoms with Gasteiger partial charge >= 0.3 is 23.1 Å². The maximum absolute atomic E-state index is 4.88. The Morgan fingerprint density at radius 1 is 0.933 bits per heavy atom. The SMILES string of the molecule is COc1c[c-]ccc1.[Mg+2].[c-]1ccccc1. The molecule has 0 aliphatic heterocycles. The molecule has 2 heteroatoms. The Hall–Kier alpha value is -0.994. The first-order chi connectivity index (χ1) is 6.93. The van der Waals surface area contributed by atoms with E-state index in [0.29, 0.717) is 0 Å². The van der Waals surface area contributed by atoms with Gasteiger partial charge in [-0.1, -0.05) is 0 Å². The maximum atomic E-state index is 4.88. The molecular formula is C13H12MgO. The van der Waals surface area contributed by atoms with Crippen LogP contribution in [0, 0.1) is 12.1 Å². The predicted octanol–water partition coefficient (Wildman–Crippen LogP) is 2.60. The molecule has 0 fully saturated rings. The van der Waals surface area contributed by atoms with E-state index in [9.17, 15) is 0 Å². The van der Waals surface area contributed by atoms with Gasteiger partial charge in [0.15, 0.2) is 0 Å². The number of rotatable bonds is 1. The molecule has 2 aromatic rings. The molecule has 0 saturated heterocycles. The molecule has 0 bridgehead atoms. The molecule has 0 amide bonds. The monoisotopic (exact) mass is 208 g/mol. The molecule has 2 rings (SSSR count). The number of hydrogen-bond donors (Lipinski definition) is 0. The summed E-state index contributed by atoms with van der Waals surface area (Å²) in [6, 6.07) is 22.8.